The van der Waals surface area contributed by atoms with E-state index >= 15 is 0 Å². The summed E-state index contributed by atoms with van der Waals surface area (Å²) in [5.74, 6) is -0.677. The molecule has 0 unspecified atom stereocenters. The lowest BCUT2D eigenvalue weighted by atomic mass is 10.1. The van der Waals surface area contributed by atoms with Crippen molar-refractivity contribution in [2.75, 3.05) is 11.9 Å². The van der Waals surface area contributed by atoms with Crippen molar-refractivity contribution in [3.05, 3.63) is 82.4 Å². The summed E-state index contributed by atoms with van der Waals surface area (Å²) in [6, 6.07) is 10.6. The molecular formula is C20H19N5O4. The van der Waals surface area contributed by atoms with Crippen molar-refractivity contribution < 1.29 is 14.5 Å². The fourth-order valence-electron chi connectivity index (χ4n) is 2.68. The Morgan fingerprint density at radius 1 is 1.10 bits per heavy atom. The second-order valence-corrected chi connectivity index (χ2v) is 6.22. The number of rotatable bonds is 7. The summed E-state index contributed by atoms with van der Waals surface area (Å²) >= 11 is 0. The van der Waals surface area contributed by atoms with Crippen LogP contribution in [0.15, 0.2) is 61.2 Å². The average Bonchev–Trinajstić information content (AvgIpc) is 3.26. The lowest BCUT2D eigenvalue weighted by Gasteiger charge is -2.09. The second kappa shape index (κ2) is 8.79. The van der Waals surface area contributed by atoms with Gasteiger partial charge in [0.05, 0.1) is 11.3 Å². The van der Waals surface area contributed by atoms with Gasteiger partial charge in [-0.25, -0.2) is 4.98 Å². The zero-order valence-electron chi connectivity index (χ0n) is 15.7. The fourth-order valence-corrected chi connectivity index (χ4v) is 2.68. The summed E-state index contributed by atoms with van der Waals surface area (Å²) in [6.45, 7) is 2.55. The molecule has 0 fully saturated rings. The molecule has 0 saturated heterocycles. The summed E-state index contributed by atoms with van der Waals surface area (Å²) in [4.78, 5) is 39.2. The number of anilines is 1. The van der Waals surface area contributed by atoms with E-state index in [1.165, 1.54) is 35.3 Å². The van der Waals surface area contributed by atoms with Gasteiger partial charge < -0.3 is 15.2 Å². The predicted molar refractivity (Wildman–Crippen MR) is 107 cm³/mol. The number of benzene rings is 2. The predicted octanol–water partition coefficient (Wildman–Crippen LogP) is 3.17. The number of carbonyl (C=O) groups is 2. The third kappa shape index (κ3) is 4.64. The summed E-state index contributed by atoms with van der Waals surface area (Å²) in [7, 11) is 0. The van der Waals surface area contributed by atoms with Crippen molar-refractivity contribution in [1.82, 2.24) is 14.9 Å². The molecule has 0 atom stereocenters. The summed E-state index contributed by atoms with van der Waals surface area (Å²) in [5.41, 5.74) is 1.20. The zero-order chi connectivity index (χ0) is 20.8. The monoisotopic (exact) mass is 393 g/mol. The number of hydrogen-bond acceptors (Lipinski definition) is 5. The molecule has 148 valence electrons. The van der Waals surface area contributed by atoms with Crippen LogP contribution in [0, 0.1) is 10.1 Å². The van der Waals surface area contributed by atoms with E-state index in [4.69, 9.17) is 0 Å². The first kappa shape index (κ1) is 19.7. The minimum absolute atomic E-state index is 0.144. The van der Waals surface area contributed by atoms with Crippen molar-refractivity contribution >= 4 is 23.2 Å². The molecule has 2 N–H and O–H groups in total. The van der Waals surface area contributed by atoms with Crippen molar-refractivity contribution in [2.45, 2.75) is 13.3 Å². The van der Waals surface area contributed by atoms with Crippen LogP contribution in [0.2, 0.25) is 0 Å². The van der Waals surface area contributed by atoms with E-state index in [0.29, 0.717) is 23.5 Å². The van der Waals surface area contributed by atoms with Crippen LogP contribution in [-0.4, -0.2) is 32.8 Å². The van der Waals surface area contributed by atoms with Gasteiger partial charge in [-0.3, -0.25) is 19.7 Å². The molecular weight excluding hydrogens is 374 g/mol. The van der Waals surface area contributed by atoms with Gasteiger partial charge in [-0.05, 0) is 42.8 Å². The maximum Gasteiger partial charge on any atom is 0.294 e. The Morgan fingerprint density at radius 2 is 1.83 bits per heavy atom. The molecule has 9 nitrogen and oxygen atoms in total. The highest BCUT2D eigenvalue weighted by Gasteiger charge is 2.19. The van der Waals surface area contributed by atoms with Gasteiger partial charge in [-0.1, -0.05) is 6.92 Å². The quantitative estimate of drug-likeness (QED) is 0.472. The van der Waals surface area contributed by atoms with E-state index in [9.17, 15) is 19.7 Å². The fraction of sp³-hybridized carbons (Fsp3) is 0.150. The number of hydrogen-bond donors (Lipinski definition) is 2. The van der Waals surface area contributed by atoms with Gasteiger partial charge in [-0.2, -0.15) is 0 Å². The molecule has 29 heavy (non-hydrogen) atoms. The first-order valence-corrected chi connectivity index (χ1v) is 8.96. The molecule has 2 aromatic carbocycles. The molecule has 9 heteroatoms. The van der Waals surface area contributed by atoms with Gasteiger partial charge in [0.2, 0.25) is 0 Å². The Hall–Kier alpha value is -4.01. The Bertz CT molecular complexity index is 1030. The molecule has 2 amide bonds. The smallest absolute Gasteiger partial charge is 0.294 e. The average molecular weight is 393 g/mol. The minimum Gasteiger partial charge on any atom is -0.352 e. The van der Waals surface area contributed by atoms with Crippen molar-refractivity contribution in [3.8, 4) is 5.69 Å². The molecule has 0 aliphatic heterocycles. The van der Waals surface area contributed by atoms with Gasteiger partial charge in [-0.15, -0.1) is 0 Å². The maximum atomic E-state index is 12.5. The zero-order valence-corrected chi connectivity index (χ0v) is 15.7. The Morgan fingerprint density at radius 3 is 2.45 bits per heavy atom. The van der Waals surface area contributed by atoms with Crippen LogP contribution < -0.4 is 10.6 Å². The van der Waals surface area contributed by atoms with Crippen LogP contribution in [0.3, 0.4) is 0 Å². The van der Waals surface area contributed by atoms with E-state index in [1.54, 1.807) is 30.5 Å². The Kier molecular flexibility index (Phi) is 5.98. The molecule has 0 spiro atoms. The lowest BCUT2D eigenvalue weighted by Crippen LogP contribution is -2.23. The highest BCUT2D eigenvalue weighted by atomic mass is 16.6. The van der Waals surface area contributed by atoms with Crippen LogP contribution >= 0.6 is 0 Å². The number of amides is 2. The van der Waals surface area contributed by atoms with Crippen LogP contribution in [0.1, 0.15) is 34.1 Å². The normalized spacial score (nSPS) is 10.4. The minimum atomic E-state index is -0.546. The lowest BCUT2D eigenvalue weighted by molar-refractivity contribution is -0.384. The van der Waals surface area contributed by atoms with Gasteiger partial charge in [0.15, 0.2) is 0 Å². The number of aromatic nitrogens is 2. The van der Waals surface area contributed by atoms with E-state index in [2.05, 4.69) is 15.6 Å². The van der Waals surface area contributed by atoms with Gasteiger partial charge >= 0.3 is 0 Å². The van der Waals surface area contributed by atoms with E-state index < -0.39 is 10.8 Å². The maximum absolute atomic E-state index is 12.5. The van der Waals surface area contributed by atoms with Gasteiger partial charge in [0, 0.05) is 41.8 Å². The van der Waals surface area contributed by atoms with E-state index in [1.807, 2.05) is 6.92 Å². The molecule has 1 heterocycles. The Balaban J connectivity index is 1.76. The topological polar surface area (TPSA) is 119 Å². The van der Waals surface area contributed by atoms with Crippen LogP contribution in [0.4, 0.5) is 11.4 Å². The summed E-state index contributed by atoms with van der Waals surface area (Å²) in [6.07, 6.45) is 5.38. The van der Waals surface area contributed by atoms with Crippen LogP contribution in [0.5, 0.6) is 0 Å². The molecule has 3 aromatic rings. The van der Waals surface area contributed by atoms with Crippen LogP contribution in [0.25, 0.3) is 5.69 Å². The Labute approximate surface area is 166 Å². The molecule has 0 radical (unpaired) electrons. The van der Waals surface area contributed by atoms with Crippen molar-refractivity contribution in [2.24, 2.45) is 0 Å². The number of carbonyl (C=O) groups excluding carboxylic acids is 2. The third-order valence-electron chi connectivity index (χ3n) is 4.16. The van der Waals surface area contributed by atoms with Crippen LogP contribution in [-0.2, 0) is 0 Å². The highest BCUT2D eigenvalue weighted by molar-refractivity contribution is 6.05. The number of nitrogens with one attached hydrogen (secondary N) is 2. The number of nitrogens with zero attached hydrogens (tertiary/aromatic N) is 3. The standard InChI is InChI=1S/C20H19N5O4/c1-2-9-22-19(26)14-3-6-16(7-4-14)23-20(27)15-5-8-17(18(12-15)25(28)29)24-11-10-21-13-24/h3-8,10-13H,2,9H2,1H3,(H,22,26)(H,23,27). The van der Waals surface area contributed by atoms with Gasteiger partial charge in [0.25, 0.3) is 17.5 Å². The second-order valence-electron chi connectivity index (χ2n) is 6.22. The van der Waals surface area contributed by atoms with E-state index in [0.717, 1.165) is 6.42 Å². The number of nitro groups is 1. The molecule has 1 aromatic heterocycles. The van der Waals surface area contributed by atoms with Crippen molar-refractivity contribution in [1.29, 1.82) is 0 Å². The summed E-state index contributed by atoms with van der Waals surface area (Å²) in [5, 5.41) is 16.9. The highest BCUT2D eigenvalue weighted by Crippen LogP contribution is 2.24. The molecule has 0 saturated carbocycles. The summed E-state index contributed by atoms with van der Waals surface area (Å²) < 4.78 is 1.50. The first-order valence-electron chi connectivity index (χ1n) is 8.96. The number of nitro benzene ring substituents is 1. The SMILES string of the molecule is CCCNC(=O)c1ccc(NC(=O)c2ccc(-n3ccnc3)c([N+](=O)[O-])c2)cc1. The largest absolute Gasteiger partial charge is 0.352 e. The molecule has 0 aliphatic rings. The molecule has 0 aliphatic carbocycles. The molecule has 3 rings (SSSR count). The first-order chi connectivity index (χ1) is 14.0. The number of imidazole rings is 1. The van der Waals surface area contributed by atoms with Crippen molar-refractivity contribution in [3.63, 3.8) is 0 Å². The molecule has 0 bridgehead atoms. The van der Waals surface area contributed by atoms with Gasteiger partial charge in [0.1, 0.15) is 5.69 Å². The third-order valence-corrected chi connectivity index (χ3v) is 4.16. The van der Waals surface area contributed by atoms with E-state index in [-0.39, 0.29) is 17.2 Å².